The van der Waals surface area contributed by atoms with Crippen LogP contribution in [0.5, 0.6) is 0 Å². The summed E-state index contributed by atoms with van der Waals surface area (Å²) in [6, 6.07) is 0. The molecule has 0 aromatic rings. The van der Waals surface area contributed by atoms with Crippen LogP contribution < -0.4 is 0 Å². The van der Waals surface area contributed by atoms with E-state index in [9.17, 15) is 0 Å². The van der Waals surface area contributed by atoms with Crippen LogP contribution in [0, 0.1) is 0 Å². The Balaban J connectivity index is -0.000000000333. The zero-order chi connectivity index (χ0) is 2.00. The fourth-order valence-electron chi connectivity index (χ4n) is 0. The maximum atomic E-state index is 8.34. The van der Waals surface area contributed by atoms with Gasteiger partial charge in [0.2, 0.25) is 0 Å². The Labute approximate surface area is 124 Å². The van der Waals surface area contributed by atoms with Gasteiger partial charge in [0, 0.05) is 0 Å². The van der Waals surface area contributed by atoms with E-state index in [1.807, 2.05) is 0 Å². The van der Waals surface area contributed by atoms with Crippen molar-refractivity contribution in [1.82, 2.24) is 0 Å². The van der Waals surface area contributed by atoms with Crippen molar-refractivity contribution in [2.75, 3.05) is 0 Å². The summed E-state index contributed by atoms with van der Waals surface area (Å²) >= 11 is 0.300. The Hall–Kier alpha value is 3.74. The van der Waals surface area contributed by atoms with Crippen molar-refractivity contribution >= 4 is 94.4 Å². The zero-order valence-corrected chi connectivity index (χ0v) is 12.7. The van der Waals surface area contributed by atoms with E-state index in [2.05, 4.69) is 0 Å². The first-order valence-electron chi connectivity index (χ1n) is 0.204. The van der Waals surface area contributed by atoms with Gasteiger partial charge in [0.25, 0.3) is 0 Å². The van der Waals surface area contributed by atoms with Gasteiger partial charge >= 0.3 is 122 Å². The molecule has 4 heavy (non-hydrogen) atoms. The van der Waals surface area contributed by atoms with Crippen LogP contribution >= 0.6 is 0 Å². The minimum absolute atomic E-state index is 0. The minimum Gasteiger partial charge on any atom is 2.00 e. The summed E-state index contributed by atoms with van der Waals surface area (Å²) in [5, 5.41) is 0. The number of hydrogen-bond acceptors (Lipinski definition) is 1. The number of rotatable bonds is 0. The molecule has 0 atom stereocenters. The predicted octanol–water partition coefficient (Wildman–Crippen LogP) is -0.433. The van der Waals surface area contributed by atoms with Gasteiger partial charge in [-0.05, 0) is 0 Å². The number of hydrogen-bond donors (Lipinski definition) is 0. The molecule has 0 fully saturated rings. The standard InChI is InChI=1S/Ba.O.Sr.Zr.4H/q+2;;+2;;4*-1. The monoisotopic (exact) mass is 336 g/mol. The second-order valence-corrected chi connectivity index (χ2v) is 0. The van der Waals surface area contributed by atoms with Crippen LogP contribution in [0.25, 0.3) is 0 Å². The second-order valence-electron chi connectivity index (χ2n) is 0. The van der Waals surface area contributed by atoms with Crippen LogP contribution in [0.3, 0.4) is 0 Å². The van der Waals surface area contributed by atoms with Crippen LogP contribution in [0.2, 0.25) is 0 Å². The third kappa shape index (κ3) is 9.22. The first-order chi connectivity index (χ1) is 1.00. The SMILES string of the molecule is [Ba+2].[H-].[H-].[H-].[H-].[O]=[Zr].[Sr+2]. The van der Waals surface area contributed by atoms with Gasteiger partial charge in [-0.25, -0.2) is 0 Å². The van der Waals surface area contributed by atoms with Crippen LogP contribution in [0.4, 0.5) is 0 Å². The summed E-state index contributed by atoms with van der Waals surface area (Å²) in [6.45, 7) is 0. The summed E-state index contributed by atoms with van der Waals surface area (Å²) in [6.07, 6.45) is 0. The van der Waals surface area contributed by atoms with Crippen molar-refractivity contribution in [3.63, 3.8) is 0 Å². The van der Waals surface area contributed by atoms with Crippen molar-refractivity contribution in [2.24, 2.45) is 0 Å². The van der Waals surface area contributed by atoms with Gasteiger partial charge in [-0.1, -0.05) is 0 Å². The van der Waals surface area contributed by atoms with E-state index in [1.165, 1.54) is 0 Å². The van der Waals surface area contributed by atoms with E-state index in [0.29, 0.717) is 24.7 Å². The van der Waals surface area contributed by atoms with E-state index in [-0.39, 0.29) is 100 Å². The third-order valence-corrected chi connectivity index (χ3v) is 0. The van der Waals surface area contributed by atoms with E-state index >= 15 is 0 Å². The molecule has 18 valence electrons. The molecule has 0 aromatic heterocycles. The Morgan fingerprint density at radius 1 is 1.50 bits per heavy atom. The van der Waals surface area contributed by atoms with Crippen molar-refractivity contribution in [3.05, 3.63) is 0 Å². The quantitative estimate of drug-likeness (QED) is 0.549. The molecule has 0 bridgehead atoms. The Bertz CT molecular complexity index is 16.0. The molecule has 1 nitrogen and oxygen atoms in total. The van der Waals surface area contributed by atoms with Crippen molar-refractivity contribution in [1.29, 1.82) is 0 Å². The van der Waals surface area contributed by atoms with Gasteiger partial charge in [0.05, 0.1) is 0 Å². The smallest absolute Gasteiger partial charge is 2.00 e. The topological polar surface area (TPSA) is 17.1 Å². The molecule has 0 aliphatic carbocycles. The molecule has 0 amide bonds. The molecule has 0 saturated heterocycles. The zero-order valence-electron chi connectivity index (χ0n) is 6.32. The summed E-state index contributed by atoms with van der Waals surface area (Å²) in [5.74, 6) is 0. The first kappa shape index (κ1) is 15.6. The largest absolute Gasteiger partial charge is 2.00 e. The van der Waals surface area contributed by atoms with Crippen molar-refractivity contribution in [3.8, 4) is 0 Å². The molecule has 4 heteroatoms. The Kier molecular flexibility index (Phi) is 62.1. The molecule has 0 saturated carbocycles. The Morgan fingerprint density at radius 2 is 1.50 bits per heavy atom. The second kappa shape index (κ2) is 15.9. The molecule has 0 rings (SSSR count). The molecule has 0 aromatic carbocycles. The summed E-state index contributed by atoms with van der Waals surface area (Å²) in [7, 11) is 0. The van der Waals surface area contributed by atoms with Crippen LogP contribution in [-0.4, -0.2) is 94.4 Å². The molecular weight excluding hydrogens is 332 g/mol. The molecule has 0 N–H and O–H groups in total. The van der Waals surface area contributed by atoms with Gasteiger partial charge < -0.3 is 5.71 Å². The summed E-state index contributed by atoms with van der Waals surface area (Å²) in [5.41, 5.74) is 0. The third-order valence-electron chi connectivity index (χ3n) is 0. The van der Waals surface area contributed by atoms with E-state index < -0.39 is 0 Å². The van der Waals surface area contributed by atoms with Crippen LogP contribution in [-0.2, 0) is 27.5 Å². The van der Waals surface area contributed by atoms with E-state index in [1.54, 1.807) is 0 Å². The summed E-state index contributed by atoms with van der Waals surface area (Å²) in [4.78, 5) is 0. The van der Waals surface area contributed by atoms with Crippen molar-refractivity contribution < 1.29 is 33.2 Å². The molecule has 0 aliphatic rings. The Morgan fingerprint density at radius 3 is 1.50 bits per heavy atom. The maximum absolute atomic E-state index is 8.34. The maximum Gasteiger partial charge on any atom is 2.00 e. The molecule has 0 spiro atoms. The first-order valence-corrected chi connectivity index (χ1v) is 1.21. The fraction of sp³-hybridized carbons (Fsp3) is 0. The molecule has 0 unspecified atom stereocenters. The van der Waals surface area contributed by atoms with E-state index in [0.717, 1.165) is 0 Å². The van der Waals surface area contributed by atoms with Gasteiger partial charge in [0.1, 0.15) is 0 Å². The summed E-state index contributed by atoms with van der Waals surface area (Å²) < 4.78 is 8.34. The average Bonchev–Trinajstić information content (AvgIpc) is 1.00. The van der Waals surface area contributed by atoms with Gasteiger partial charge in [-0.3, -0.25) is 0 Å². The van der Waals surface area contributed by atoms with Gasteiger partial charge in [-0.15, -0.1) is 0 Å². The van der Waals surface area contributed by atoms with E-state index in [4.69, 9.17) is 2.81 Å². The normalized spacial score (nSPS) is 0.750. The van der Waals surface area contributed by atoms with Crippen LogP contribution in [0.1, 0.15) is 5.71 Å². The molecule has 0 heterocycles. The molecule has 0 radical (unpaired) electrons. The predicted molar refractivity (Wildman–Crippen MR) is 16.6 cm³/mol. The van der Waals surface area contributed by atoms with Gasteiger partial charge in [-0.2, -0.15) is 0 Å². The molecule has 0 aliphatic heterocycles. The van der Waals surface area contributed by atoms with Crippen LogP contribution in [0.15, 0.2) is 0 Å². The van der Waals surface area contributed by atoms with Gasteiger partial charge in [0.15, 0.2) is 0 Å². The average molecular weight is 336 g/mol. The van der Waals surface area contributed by atoms with Crippen molar-refractivity contribution in [2.45, 2.75) is 0 Å². The fourth-order valence-corrected chi connectivity index (χ4v) is 0. The minimum atomic E-state index is 0. The molecular formula is H4BaOSrZr.